The van der Waals surface area contributed by atoms with Gasteiger partial charge in [0, 0.05) is 27.5 Å². The standard InChI is InChI=1S/C67H44N2/c1-3-21-45(22-4-1)46-41-43-48(44-42-46)50-26-10-15-36-60(50)68(61-37-16-11-28-52(61)51-27-8-7-25-49(51)47-23-5-2-6-24-47)64-40-20-34-58-65(64)55-30-9-13-32-56(55)67(58)57-33-14-18-39-63(57)69-62-38-17-12-29-53(62)54-31-19-35-59(67)66(54)69/h1-44H. The van der Waals surface area contributed by atoms with Gasteiger partial charge >= 0.3 is 0 Å². The molecule has 1 spiro atoms. The van der Waals surface area contributed by atoms with Gasteiger partial charge in [-0.2, -0.15) is 0 Å². The highest BCUT2D eigenvalue weighted by Crippen LogP contribution is 2.63. The summed E-state index contributed by atoms with van der Waals surface area (Å²) in [5.41, 5.74) is 23.6. The Morgan fingerprint density at radius 1 is 0.275 bits per heavy atom. The molecule has 0 amide bonds. The lowest BCUT2D eigenvalue weighted by Crippen LogP contribution is -2.33. The van der Waals surface area contributed by atoms with Gasteiger partial charge in [-0.3, -0.25) is 0 Å². The lowest BCUT2D eigenvalue weighted by Gasteiger charge is -2.39. The van der Waals surface area contributed by atoms with Crippen LogP contribution in [0, 0.1) is 0 Å². The quantitative estimate of drug-likeness (QED) is 0.155. The van der Waals surface area contributed by atoms with Gasteiger partial charge in [-0.25, -0.2) is 0 Å². The summed E-state index contributed by atoms with van der Waals surface area (Å²) in [5.74, 6) is 0. The lowest BCUT2D eigenvalue weighted by atomic mass is 9.65. The normalized spacial score (nSPS) is 14.1. The first-order valence-electron chi connectivity index (χ1n) is 23.9. The Morgan fingerprint density at radius 2 is 0.754 bits per heavy atom. The highest BCUT2D eigenvalue weighted by molar-refractivity contribution is 6.13. The molecule has 2 aliphatic rings. The third-order valence-electron chi connectivity index (χ3n) is 14.8. The number of hydrogen-bond acceptors (Lipinski definition) is 1. The van der Waals surface area contributed by atoms with Crippen molar-refractivity contribution in [3.05, 3.63) is 289 Å². The summed E-state index contributed by atoms with van der Waals surface area (Å²) >= 11 is 0. The molecular formula is C67H44N2. The molecule has 12 aromatic rings. The van der Waals surface area contributed by atoms with Crippen LogP contribution in [0.2, 0.25) is 0 Å². The van der Waals surface area contributed by atoms with E-state index < -0.39 is 5.41 Å². The van der Waals surface area contributed by atoms with Crippen molar-refractivity contribution in [3.8, 4) is 61.3 Å². The summed E-state index contributed by atoms with van der Waals surface area (Å²) < 4.78 is 2.52. The summed E-state index contributed by atoms with van der Waals surface area (Å²) in [5, 5.41) is 2.55. The first-order chi connectivity index (χ1) is 34.3. The molecule has 69 heavy (non-hydrogen) atoms. The third kappa shape index (κ3) is 5.73. The van der Waals surface area contributed by atoms with E-state index in [9.17, 15) is 0 Å². The second kappa shape index (κ2) is 15.6. The molecule has 0 radical (unpaired) electrons. The molecule has 0 bridgehead atoms. The van der Waals surface area contributed by atoms with Crippen LogP contribution in [-0.2, 0) is 5.41 Å². The molecule has 0 fully saturated rings. The number of nitrogens with zero attached hydrogens (tertiary/aromatic N) is 2. The van der Waals surface area contributed by atoms with E-state index in [1.165, 1.54) is 88.7 Å². The monoisotopic (exact) mass is 876 g/mol. The maximum atomic E-state index is 2.57. The summed E-state index contributed by atoms with van der Waals surface area (Å²) in [6.45, 7) is 0. The summed E-state index contributed by atoms with van der Waals surface area (Å²) in [6.07, 6.45) is 0. The van der Waals surface area contributed by atoms with Gasteiger partial charge < -0.3 is 9.47 Å². The minimum Gasteiger partial charge on any atom is -0.309 e. The van der Waals surface area contributed by atoms with Crippen LogP contribution in [0.25, 0.3) is 83.1 Å². The Morgan fingerprint density at radius 3 is 1.54 bits per heavy atom. The van der Waals surface area contributed by atoms with Crippen molar-refractivity contribution in [2.45, 2.75) is 5.41 Å². The second-order valence-electron chi connectivity index (χ2n) is 18.3. The fraction of sp³-hybridized carbons (Fsp3) is 0.0149. The number of anilines is 3. The topological polar surface area (TPSA) is 8.17 Å². The van der Waals surface area contributed by atoms with Gasteiger partial charge in [-0.15, -0.1) is 0 Å². The zero-order valence-electron chi connectivity index (χ0n) is 37.8. The van der Waals surface area contributed by atoms with Crippen LogP contribution < -0.4 is 4.90 Å². The van der Waals surface area contributed by atoms with Gasteiger partial charge in [-0.05, 0) is 91.5 Å². The molecule has 1 aromatic heterocycles. The molecule has 1 aliphatic heterocycles. The van der Waals surface area contributed by atoms with Crippen molar-refractivity contribution in [2.75, 3.05) is 4.90 Å². The Kier molecular flexibility index (Phi) is 8.84. The Labute approximate surface area is 402 Å². The Hall–Kier alpha value is -8.98. The number of para-hydroxylation sites is 5. The van der Waals surface area contributed by atoms with Crippen LogP contribution in [0.3, 0.4) is 0 Å². The van der Waals surface area contributed by atoms with Crippen molar-refractivity contribution in [1.82, 2.24) is 4.57 Å². The fourth-order valence-corrected chi connectivity index (χ4v) is 12.0. The minimum absolute atomic E-state index is 0.597. The van der Waals surface area contributed by atoms with E-state index in [1.54, 1.807) is 0 Å². The predicted molar refractivity (Wildman–Crippen MR) is 288 cm³/mol. The molecule has 11 aromatic carbocycles. The predicted octanol–water partition coefficient (Wildman–Crippen LogP) is 17.6. The van der Waals surface area contributed by atoms with Crippen molar-refractivity contribution in [1.29, 1.82) is 0 Å². The second-order valence-corrected chi connectivity index (χ2v) is 18.3. The summed E-state index contributed by atoms with van der Waals surface area (Å²) in [7, 11) is 0. The molecule has 0 saturated carbocycles. The fourth-order valence-electron chi connectivity index (χ4n) is 12.0. The average molecular weight is 877 g/mol. The molecule has 0 saturated heterocycles. The van der Waals surface area contributed by atoms with Crippen molar-refractivity contribution >= 4 is 38.9 Å². The van der Waals surface area contributed by atoms with E-state index in [2.05, 4.69) is 276 Å². The van der Waals surface area contributed by atoms with Crippen molar-refractivity contribution < 1.29 is 0 Å². The highest BCUT2D eigenvalue weighted by atomic mass is 15.2. The molecule has 2 heterocycles. The molecular weight excluding hydrogens is 833 g/mol. The van der Waals surface area contributed by atoms with Crippen molar-refractivity contribution in [3.63, 3.8) is 0 Å². The smallest absolute Gasteiger partial charge is 0.0755 e. The van der Waals surface area contributed by atoms with Gasteiger partial charge in [0.15, 0.2) is 0 Å². The molecule has 2 nitrogen and oxygen atoms in total. The van der Waals surface area contributed by atoms with Crippen LogP contribution >= 0.6 is 0 Å². The van der Waals surface area contributed by atoms with E-state index >= 15 is 0 Å². The van der Waals surface area contributed by atoms with Crippen LogP contribution in [0.5, 0.6) is 0 Å². The first kappa shape index (κ1) is 39.2. The molecule has 1 unspecified atom stereocenters. The lowest BCUT2D eigenvalue weighted by molar-refractivity contribution is 0.748. The summed E-state index contributed by atoms with van der Waals surface area (Å²) in [6, 6.07) is 98.7. The number of rotatable bonds is 7. The molecule has 1 aliphatic carbocycles. The van der Waals surface area contributed by atoms with Gasteiger partial charge in [-0.1, -0.05) is 237 Å². The molecule has 322 valence electrons. The van der Waals surface area contributed by atoms with Gasteiger partial charge in [0.05, 0.1) is 39.2 Å². The van der Waals surface area contributed by atoms with E-state index in [4.69, 9.17) is 0 Å². The largest absolute Gasteiger partial charge is 0.309 e. The summed E-state index contributed by atoms with van der Waals surface area (Å²) in [4.78, 5) is 2.57. The SMILES string of the molecule is c1ccc(-c2ccc(-c3ccccc3N(c3ccccc3-c3ccccc3-c3ccccc3)c3cccc4c3-c3ccccc3C43c4ccccc4-n4c5ccccc5c5cccc3c54)cc2)cc1. The van der Waals surface area contributed by atoms with Crippen LogP contribution in [0.15, 0.2) is 267 Å². The maximum Gasteiger partial charge on any atom is 0.0755 e. The van der Waals surface area contributed by atoms with E-state index in [-0.39, 0.29) is 0 Å². The number of aromatic nitrogens is 1. The van der Waals surface area contributed by atoms with E-state index in [0.717, 1.165) is 33.8 Å². The minimum atomic E-state index is -0.597. The van der Waals surface area contributed by atoms with Crippen LogP contribution in [0.1, 0.15) is 22.3 Å². The zero-order chi connectivity index (χ0) is 45.5. The van der Waals surface area contributed by atoms with Gasteiger partial charge in [0.25, 0.3) is 0 Å². The zero-order valence-corrected chi connectivity index (χ0v) is 37.8. The maximum absolute atomic E-state index is 2.57. The van der Waals surface area contributed by atoms with E-state index in [1.807, 2.05) is 0 Å². The number of hydrogen-bond donors (Lipinski definition) is 0. The highest BCUT2D eigenvalue weighted by Gasteiger charge is 2.51. The van der Waals surface area contributed by atoms with Crippen molar-refractivity contribution in [2.24, 2.45) is 0 Å². The van der Waals surface area contributed by atoms with Gasteiger partial charge in [0.1, 0.15) is 0 Å². The average Bonchev–Trinajstić information content (AvgIpc) is 3.93. The van der Waals surface area contributed by atoms with E-state index in [0.29, 0.717) is 0 Å². The molecule has 14 rings (SSSR count). The number of fused-ring (bicyclic) bond motifs is 12. The molecule has 1 atom stereocenters. The van der Waals surface area contributed by atoms with Crippen LogP contribution in [0.4, 0.5) is 17.1 Å². The number of benzene rings is 11. The molecule has 0 N–H and O–H groups in total. The Bertz CT molecular complexity index is 3960. The Balaban J connectivity index is 1.08. The van der Waals surface area contributed by atoms with Gasteiger partial charge in [0.2, 0.25) is 0 Å². The molecule has 2 heteroatoms. The first-order valence-corrected chi connectivity index (χ1v) is 23.9. The van der Waals surface area contributed by atoms with Crippen LogP contribution in [-0.4, -0.2) is 4.57 Å². The third-order valence-corrected chi connectivity index (χ3v) is 14.8.